The quantitative estimate of drug-likeness (QED) is 0.567. The topological polar surface area (TPSA) is 49.7 Å². The second kappa shape index (κ2) is 8.10. The van der Waals surface area contributed by atoms with Crippen LogP contribution in [0.25, 0.3) is 0 Å². The van der Waals surface area contributed by atoms with E-state index >= 15 is 0 Å². The normalized spacial score (nSPS) is 18.3. The molecule has 1 aliphatic rings. The molecule has 0 radical (unpaired) electrons. The molecule has 0 saturated carbocycles. The Balaban J connectivity index is 1.80. The lowest BCUT2D eigenvalue weighted by molar-refractivity contribution is -0.125. The highest BCUT2D eigenvalue weighted by Gasteiger charge is 2.38. The number of rotatable bonds is 6. The summed E-state index contributed by atoms with van der Waals surface area (Å²) < 4.78 is 13.1. The van der Waals surface area contributed by atoms with E-state index in [1.54, 1.807) is 42.5 Å². The second-order valence-corrected chi connectivity index (χ2v) is 6.88. The summed E-state index contributed by atoms with van der Waals surface area (Å²) in [4.78, 5) is 31.1. The maximum atomic E-state index is 13.1. The Kier molecular flexibility index (Phi) is 5.63. The van der Waals surface area contributed by atoms with Crippen molar-refractivity contribution in [1.82, 2.24) is 4.90 Å². The predicted octanol–water partition coefficient (Wildman–Crippen LogP) is 4.22. The first-order valence-corrected chi connectivity index (χ1v) is 8.98. The molecule has 1 heterocycles. The molecule has 0 aromatic heterocycles. The predicted molar refractivity (Wildman–Crippen MR) is 102 cm³/mol. The van der Waals surface area contributed by atoms with Gasteiger partial charge in [0.25, 0.3) is 0 Å². The van der Waals surface area contributed by atoms with Gasteiger partial charge in [-0.05, 0) is 24.3 Å². The first kappa shape index (κ1) is 18.1. The molecular formula is C20H17FN2O2S. The van der Waals surface area contributed by atoms with Gasteiger partial charge in [0.05, 0.1) is 10.9 Å². The molecule has 1 aliphatic heterocycles. The number of ketones is 1. The average Bonchev–Trinajstić information content (AvgIpc) is 2.93. The monoisotopic (exact) mass is 368 g/mol. The molecule has 132 valence electrons. The third-order valence-corrected chi connectivity index (χ3v) is 5.02. The minimum atomic E-state index is -0.526. The number of carbonyl (C=O) groups excluding carboxylic acids is 2. The van der Waals surface area contributed by atoms with Gasteiger partial charge in [0.15, 0.2) is 11.0 Å². The van der Waals surface area contributed by atoms with Gasteiger partial charge in [-0.1, -0.05) is 48.2 Å². The maximum absolute atomic E-state index is 13.1. The third-order valence-electron chi connectivity index (χ3n) is 3.85. The molecule has 0 spiro atoms. The highest BCUT2D eigenvalue weighted by atomic mass is 32.2. The summed E-state index contributed by atoms with van der Waals surface area (Å²) in [6.45, 7) is 3.98. The van der Waals surface area contributed by atoms with E-state index in [0.717, 1.165) is 0 Å². The average molecular weight is 368 g/mol. The molecule has 26 heavy (non-hydrogen) atoms. The number of hydrogen-bond donors (Lipinski definition) is 0. The van der Waals surface area contributed by atoms with Crippen LogP contribution in [-0.4, -0.2) is 33.6 Å². The Bertz CT molecular complexity index is 850. The summed E-state index contributed by atoms with van der Waals surface area (Å²) >= 11 is 1.25. The fourth-order valence-electron chi connectivity index (χ4n) is 2.56. The molecule has 0 N–H and O–H groups in total. The molecule has 1 saturated heterocycles. The summed E-state index contributed by atoms with van der Waals surface area (Å²) in [6, 6.07) is 14.6. The summed E-state index contributed by atoms with van der Waals surface area (Å²) in [6.07, 6.45) is 1.71. The lowest BCUT2D eigenvalue weighted by Crippen LogP contribution is -2.32. The number of amidine groups is 1. The Hall–Kier alpha value is -2.73. The van der Waals surface area contributed by atoms with Gasteiger partial charge in [0.1, 0.15) is 5.82 Å². The number of halogens is 1. The van der Waals surface area contributed by atoms with Crippen molar-refractivity contribution in [1.29, 1.82) is 0 Å². The van der Waals surface area contributed by atoms with Crippen molar-refractivity contribution in [2.45, 2.75) is 11.7 Å². The van der Waals surface area contributed by atoms with Gasteiger partial charge in [-0.15, -0.1) is 6.58 Å². The molecule has 0 aliphatic carbocycles. The zero-order chi connectivity index (χ0) is 18.5. The molecule has 1 amide bonds. The fourth-order valence-corrected chi connectivity index (χ4v) is 3.73. The second-order valence-electron chi connectivity index (χ2n) is 5.71. The zero-order valence-electron chi connectivity index (χ0n) is 14.0. The standard InChI is InChI=1S/C20H17FN2O2S/c1-2-12-23-19(25)18(13-17(24)14-6-4-3-5-7-14)26-20(23)22-16-10-8-15(21)9-11-16/h2-11,18H,1,12-13H2. The SMILES string of the molecule is C=CCN1C(=O)C(CC(=O)c2ccccc2)SC1=Nc1ccc(F)cc1. The third kappa shape index (κ3) is 4.08. The van der Waals surface area contributed by atoms with Gasteiger partial charge in [0.2, 0.25) is 5.91 Å². The molecule has 0 bridgehead atoms. The van der Waals surface area contributed by atoms with Crippen LogP contribution < -0.4 is 0 Å². The van der Waals surface area contributed by atoms with Crippen LogP contribution in [0, 0.1) is 5.82 Å². The van der Waals surface area contributed by atoms with Gasteiger partial charge in [-0.25, -0.2) is 9.38 Å². The Morgan fingerprint density at radius 3 is 2.54 bits per heavy atom. The van der Waals surface area contributed by atoms with E-state index < -0.39 is 5.25 Å². The lowest BCUT2D eigenvalue weighted by Gasteiger charge is -2.13. The highest BCUT2D eigenvalue weighted by Crippen LogP contribution is 2.32. The summed E-state index contributed by atoms with van der Waals surface area (Å²) in [5.74, 6) is -0.600. The minimum Gasteiger partial charge on any atom is -0.294 e. The van der Waals surface area contributed by atoms with Gasteiger partial charge in [-0.2, -0.15) is 0 Å². The first-order chi connectivity index (χ1) is 12.6. The van der Waals surface area contributed by atoms with Crippen LogP contribution in [0.3, 0.4) is 0 Å². The fraction of sp³-hybridized carbons (Fsp3) is 0.150. The number of thioether (sulfide) groups is 1. The van der Waals surface area contributed by atoms with Crippen molar-refractivity contribution < 1.29 is 14.0 Å². The van der Waals surface area contributed by atoms with E-state index in [4.69, 9.17) is 0 Å². The van der Waals surface area contributed by atoms with Gasteiger partial charge in [0, 0.05) is 18.5 Å². The first-order valence-electron chi connectivity index (χ1n) is 8.10. The van der Waals surface area contributed by atoms with Crippen molar-refractivity contribution >= 4 is 34.3 Å². The van der Waals surface area contributed by atoms with Crippen LogP contribution in [0.15, 0.2) is 72.2 Å². The van der Waals surface area contributed by atoms with E-state index in [-0.39, 0.29) is 23.9 Å². The van der Waals surface area contributed by atoms with Crippen molar-refractivity contribution in [3.8, 4) is 0 Å². The zero-order valence-corrected chi connectivity index (χ0v) is 14.8. The minimum absolute atomic E-state index is 0.0852. The summed E-state index contributed by atoms with van der Waals surface area (Å²) in [7, 11) is 0. The van der Waals surface area contributed by atoms with Crippen LogP contribution in [0.2, 0.25) is 0 Å². The number of aliphatic imine (C=N–C) groups is 1. The number of carbonyl (C=O) groups is 2. The van der Waals surface area contributed by atoms with Crippen molar-refractivity contribution in [3.63, 3.8) is 0 Å². The van der Waals surface area contributed by atoms with E-state index in [1.165, 1.54) is 28.8 Å². The number of amides is 1. The van der Waals surface area contributed by atoms with Crippen molar-refractivity contribution in [2.24, 2.45) is 4.99 Å². The van der Waals surface area contributed by atoms with Gasteiger partial charge >= 0.3 is 0 Å². The largest absolute Gasteiger partial charge is 0.294 e. The van der Waals surface area contributed by atoms with Gasteiger partial charge < -0.3 is 0 Å². The van der Waals surface area contributed by atoms with Crippen LogP contribution >= 0.6 is 11.8 Å². The number of Topliss-reactive ketones (excluding diaryl/α,β-unsaturated/α-hetero) is 1. The smallest absolute Gasteiger partial charge is 0.242 e. The van der Waals surface area contributed by atoms with E-state index in [1.807, 2.05) is 6.07 Å². The Labute approximate surface area is 155 Å². The van der Waals surface area contributed by atoms with Crippen LogP contribution in [-0.2, 0) is 4.79 Å². The summed E-state index contributed by atoms with van der Waals surface area (Å²) in [5, 5.41) is -0.0331. The molecule has 6 heteroatoms. The molecule has 1 unspecified atom stereocenters. The Morgan fingerprint density at radius 2 is 1.88 bits per heavy atom. The highest BCUT2D eigenvalue weighted by molar-refractivity contribution is 8.15. The van der Waals surface area contributed by atoms with E-state index in [9.17, 15) is 14.0 Å². The van der Waals surface area contributed by atoms with E-state index in [2.05, 4.69) is 11.6 Å². The van der Waals surface area contributed by atoms with Crippen LogP contribution in [0.4, 0.5) is 10.1 Å². The molecule has 2 aromatic rings. The molecule has 4 nitrogen and oxygen atoms in total. The molecule has 2 aromatic carbocycles. The molecule has 3 rings (SSSR count). The lowest BCUT2D eigenvalue weighted by atomic mass is 10.1. The van der Waals surface area contributed by atoms with Crippen LogP contribution in [0.5, 0.6) is 0 Å². The Morgan fingerprint density at radius 1 is 1.19 bits per heavy atom. The van der Waals surface area contributed by atoms with E-state index in [0.29, 0.717) is 23.0 Å². The number of nitrogens with zero attached hydrogens (tertiary/aromatic N) is 2. The molecular weight excluding hydrogens is 351 g/mol. The number of hydrogen-bond acceptors (Lipinski definition) is 4. The maximum Gasteiger partial charge on any atom is 0.242 e. The van der Waals surface area contributed by atoms with Gasteiger partial charge in [-0.3, -0.25) is 14.5 Å². The number of benzene rings is 2. The van der Waals surface area contributed by atoms with Crippen LogP contribution in [0.1, 0.15) is 16.8 Å². The molecule has 1 atom stereocenters. The van der Waals surface area contributed by atoms with Crippen molar-refractivity contribution in [2.75, 3.05) is 6.54 Å². The molecule has 1 fully saturated rings. The summed E-state index contributed by atoms with van der Waals surface area (Å²) in [5.41, 5.74) is 1.13. The van der Waals surface area contributed by atoms with Crippen molar-refractivity contribution in [3.05, 3.63) is 78.6 Å².